The predicted octanol–water partition coefficient (Wildman–Crippen LogP) is 1.04. The van der Waals surface area contributed by atoms with Crippen molar-refractivity contribution in [2.24, 2.45) is 0 Å². The van der Waals surface area contributed by atoms with Crippen LogP contribution in [0.5, 0.6) is 0 Å². The highest BCUT2D eigenvalue weighted by Crippen LogP contribution is 2.18. The Morgan fingerprint density at radius 2 is 2.00 bits per heavy atom. The van der Waals surface area contributed by atoms with Crippen LogP contribution in [0.1, 0.15) is 33.6 Å². The number of hydrogen-bond acceptors (Lipinski definition) is 2. The fourth-order valence-corrected chi connectivity index (χ4v) is 1.72. The molecule has 5 heteroatoms. The molecule has 2 amide bonds. The van der Waals surface area contributed by atoms with Crippen LogP contribution in [0.25, 0.3) is 0 Å². The molecule has 1 atom stereocenters. The number of nitrogens with one attached hydrogen (secondary N) is 1. The molecule has 1 aliphatic heterocycles. The van der Waals surface area contributed by atoms with Gasteiger partial charge in [0.25, 0.3) is 0 Å². The summed E-state index contributed by atoms with van der Waals surface area (Å²) >= 11 is 0. The SMILES string of the molecule is CC(C)(C)NC(=O)[C@H]1CCCN1C(=O)O. The molecule has 5 nitrogen and oxygen atoms in total. The molecule has 0 aliphatic carbocycles. The number of hydrogen-bond donors (Lipinski definition) is 2. The number of rotatable bonds is 1. The molecule has 0 radical (unpaired) electrons. The van der Waals surface area contributed by atoms with Gasteiger partial charge in [-0.15, -0.1) is 0 Å². The van der Waals surface area contributed by atoms with E-state index in [1.54, 1.807) is 0 Å². The van der Waals surface area contributed by atoms with Crippen molar-refractivity contribution in [2.45, 2.75) is 45.2 Å². The smallest absolute Gasteiger partial charge is 0.407 e. The molecule has 2 N–H and O–H groups in total. The molecule has 86 valence electrons. The number of carbonyl (C=O) groups excluding carboxylic acids is 1. The molecule has 0 aromatic heterocycles. The van der Waals surface area contributed by atoms with Gasteiger partial charge in [0.15, 0.2) is 0 Å². The van der Waals surface area contributed by atoms with E-state index in [0.717, 1.165) is 6.42 Å². The summed E-state index contributed by atoms with van der Waals surface area (Å²) < 4.78 is 0. The Kier molecular flexibility index (Phi) is 3.21. The van der Waals surface area contributed by atoms with Gasteiger partial charge in [-0.25, -0.2) is 4.79 Å². The summed E-state index contributed by atoms with van der Waals surface area (Å²) in [7, 11) is 0. The zero-order valence-corrected chi connectivity index (χ0v) is 9.41. The quantitative estimate of drug-likeness (QED) is 0.685. The van der Waals surface area contributed by atoms with Crippen LogP contribution in [0.4, 0.5) is 4.79 Å². The van der Waals surface area contributed by atoms with Crippen molar-refractivity contribution in [1.29, 1.82) is 0 Å². The van der Waals surface area contributed by atoms with Crippen molar-refractivity contribution in [3.05, 3.63) is 0 Å². The average molecular weight is 214 g/mol. The minimum absolute atomic E-state index is 0.192. The van der Waals surface area contributed by atoms with Gasteiger partial charge in [0, 0.05) is 12.1 Å². The maximum Gasteiger partial charge on any atom is 0.407 e. The summed E-state index contributed by atoms with van der Waals surface area (Å²) in [5.41, 5.74) is -0.316. The Morgan fingerprint density at radius 3 is 2.47 bits per heavy atom. The average Bonchev–Trinajstić information content (AvgIpc) is 2.47. The summed E-state index contributed by atoms with van der Waals surface area (Å²) in [5.74, 6) is -0.192. The van der Waals surface area contributed by atoms with Gasteiger partial charge in [-0.05, 0) is 33.6 Å². The lowest BCUT2D eigenvalue weighted by Crippen LogP contribution is -2.51. The van der Waals surface area contributed by atoms with E-state index in [1.807, 2.05) is 20.8 Å². The van der Waals surface area contributed by atoms with Crippen LogP contribution in [0, 0.1) is 0 Å². The van der Waals surface area contributed by atoms with Gasteiger partial charge in [-0.2, -0.15) is 0 Å². The van der Waals surface area contributed by atoms with E-state index < -0.39 is 12.1 Å². The summed E-state index contributed by atoms with van der Waals surface area (Å²) in [6.07, 6.45) is 0.365. The minimum atomic E-state index is -1.01. The number of amides is 2. The molecule has 0 aromatic rings. The normalized spacial score (nSPS) is 21.5. The minimum Gasteiger partial charge on any atom is -0.465 e. The molecule has 1 heterocycles. The Balaban J connectivity index is 2.63. The van der Waals surface area contributed by atoms with E-state index in [1.165, 1.54) is 4.90 Å². The van der Waals surface area contributed by atoms with Crippen molar-refractivity contribution < 1.29 is 14.7 Å². The van der Waals surface area contributed by atoms with E-state index >= 15 is 0 Å². The molecule has 0 bridgehead atoms. The van der Waals surface area contributed by atoms with Crippen molar-refractivity contribution in [3.8, 4) is 0 Å². The number of nitrogens with zero attached hydrogens (tertiary/aromatic N) is 1. The van der Waals surface area contributed by atoms with Crippen LogP contribution in [0.2, 0.25) is 0 Å². The van der Waals surface area contributed by atoms with E-state index in [4.69, 9.17) is 5.11 Å². The van der Waals surface area contributed by atoms with E-state index in [-0.39, 0.29) is 11.4 Å². The topological polar surface area (TPSA) is 69.6 Å². The second-order valence-corrected chi connectivity index (χ2v) is 4.87. The zero-order chi connectivity index (χ0) is 11.6. The number of likely N-dealkylation sites (tertiary alicyclic amines) is 1. The fourth-order valence-electron chi connectivity index (χ4n) is 1.72. The molecule has 1 aliphatic rings. The number of carbonyl (C=O) groups is 2. The maximum absolute atomic E-state index is 11.8. The second-order valence-electron chi connectivity index (χ2n) is 4.87. The van der Waals surface area contributed by atoms with Crippen molar-refractivity contribution >= 4 is 12.0 Å². The molecule has 1 fully saturated rings. The highest BCUT2D eigenvalue weighted by molar-refractivity contribution is 5.86. The van der Waals surface area contributed by atoms with E-state index in [2.05, 4.69) is 5.32 Å². The van der Waals surface area contributed by atoms with Crippen molar-refractivity contribution in [3.63, 3.8) is 0 Å². The third-order valence-electron chi connectivity index (χ3n) is 2.30. The molecule has 1 rings (SSSR count). The van der Waals surface area contributed by atoms with Gasteiger partial charge in [0.05, 0.1) is 0 Å². The van der Waals surface area contributed by atoms with Crippen LogP contribution in [0.15, 0.2) is 0 Å². The van der Waals surface area contributed by atoms with Crippen LogP contribution >= 0.6 is 0 Å². The van der Waals surface area contributed by atoms with Gasteiger partial charge in [0.2, 0.25) is 5.91 Å². The van der Waals surface area contributed by atoms with Crippen molar-refractivity contribution in [1.82, 2.24) is 10.2 Å². The van der Waals surface area contributed by atoms with Gasteiger partial charge < -0.3 is 10.4 Å². The first-order chi connectivity index (χ1) is 6.81. The van der Waals surface area contributed by atoms with Crippen LogP contribution in [-0.2, 0) is 4.79 Å². The molecule has 0 unspecified atom stereocenters. The molecule has 0 aromatic carbocycles. The fraction of sp³-hybridized carbons (Fsp3) is 0.800. The molecule has 1 saturated heterocycles. The lowest BCUT2D eigenvalue weighted by atomic mass is 10.1. The molecule has 15 heavy (non-hydrogen) atoms. The summed E-state index contributed by atoms with van der Waals surface area (Å²) in [6, 6.07) is -0.512. The van der Waals surface area contributed by atoms with Gasteiger partial charge in [-0.1, -0.05) is 0 Å². The zero-order valence-electron chi connectivity index (χ0n) is 9.41. The van der Waals surface area contributed by atoms with Crippen LogP contribution < -0.4 is 5.32 Å². The molecule has 0 spiro atoms. The van der Waals surface area contributed by atoms with Gasteiger partial charge >= 0.3 is 6.09 Å². The Morgan fingerprint density at radius 1 is 1.40 bits per heavy atom. The summed E-state index contributed by atoms with van der Waals surface area (Å²) in [5, 5.41) is 11.7. The van der Waals surface area contributed by atoms with Crippen molar-refractivity contribution in [2.75, 3.05) is 6.54 Å². The summed E-state index contributed by atoms with van der Waals surface area (Å²) in [4.78, 5) is 23.8. The monoisotopic (exact) mass is 214 g/mol. The standard InChI is InChI=1S/C10H18N2O3/c1-10(2,3)11-8(13)7-5-4-6-12(7)9(14)15/h7H,4-6H2,1-3H3,(H,11,13)(H,14,15)/t7-/m1/s1. The number of carboxylic acid groups (broad SMARTS) is 1. The highest BCUT2D eigenvalue weighted by Gasteiger charge is 2.35. The largest absolute Gasteiger partial charge is 0.465 e. The molecular formula is C10H18N2O3. The predicted molar refractivity (Wildman–Crippen MR) is 55.6 cm³/mol. The van der Waals surface area contributed by atoms with Gasteiger partial charge in [0.1, 0.15) is 6.04 Å². The van der Waals surface area contributed by atoms with E-state index in [0.29, 0.717) is 13.0 Å². The van der Waals surface area contributed by atoms with E-state index in [9.17, 15) is 9.59 Å². The first kappa shape index (κ1) is 11.8. The van der Waals surface area contributed by atoms with Crippen LogP contribution in [-0.4, -0.2) is 40.1 Å². The Bertz CT molecular complexity index is 270. The Hall–Kier alpha value is -1.26. The van der Waals surface area contributed by atoms with Gasteiger partial charge in [-0.3, -0.25) is 9.69 Å². The molecular weight excluding hydrogens is 196 g/mol. The lowest BCUT2D eigenvalue weighted by Gasteiger charge is -2.26. The first-order valence-corrected chi connectivity index (χ1v) is 5.13. The first-order valence-electron chi connectivity index (χ1n) is 5.13. The van der Waals surface area contributed by atoms with Crippen LogP contribution in [0.3, 0.4) is 0 Å². The summed E-state index contributed by atoms with van der Waals surface area (Å²) in [6.45, 7) is 6.10. The lowest BCUT2D eigenvalue weighted by molar-refractivity contribution is -0.126. The molecule has 0 saturated carbocycles. The Labute approximate surface area is 89.4 Å². The third kappa shape index (κ3) is 3.11. The third-order valence-corrected chi connectivity index (χ3v) is 2.30. The second kappa shape index (κ2) is 4.08. The maximum atomic E-state index is 11.8. The highest BCUT2D eigenvalue weighted by atomic mass is 16.4.